The number of nitrogens with one attached hydrogen (secondary N) is 1. The van der Waals surface area contributed by atoms with E-state index in [2.05, 4.69) is 0 Å². The fourth-order valence-electron chi connectivity index (χ4n) is 2.33. The van der Waals surface area contributed by atoms with Crippen LogP contribution in [0.3, 0.4) is 0 Å². The molecule has 0 aliphatic rings. The largest absolute Gasteiger partial charge is 0.405 e. The summed E-state index contributed by atoms with van der Waals surface area (Å²) in [5.74, 6) is -1.95. The first-order valence-corrected chi connectivity index (χ1v) is 9.16. The molecule has 2 rings (SSSR count). The zero-order valence-corrected chi connectivity index (χ0v) is 14.9. The van der Waals surface area contributed by atoms with Crippen molar-refractivity contribution in [2.75, 3.05) is 10.8 Å². The van der Waals surface area contributed by atoms with Crippen LogP contribution in [0.15, 0.2) is 59.5 Å². The minimum atomic E-state index is -4.64. The summed E-state index contributed by atoms with van der Waals surface area (Å²) < 4.78 is 77.2. The van der Waals surface area contributed by atoms with Gasteiger partial charge in [-0.15, -0.1) is 0 Å². The van der Waals surface area contributed by atoms with Crippen LogP contribution in [0.2, 0.25) is 0 Å². The van der Waals surface area contributed by atoms with Crippen LogP contribution in [0.25, 0.3) is 0 Å². The Morgan fingerprint density at radius 2 is 1.74 bits per heavy atom. The molecule has 2 aromatic carbocycles. The second kappa shape index (κ2) is 7.95. The van der Waals surface area contributed by atoms with Crippen molar-refractivity contribution in [1.82, 2.24) is 5.32 Å². The Morgan fingerprint density at radius 1 is 1.11 bits per heavy atom. The van der Waals surface area contributed by atoms with E-state index in [4.69, 9.17) is 0 Å². The highest BCUT2D eigenvalue weighted by molar-refractivity contribution is 7.92. The van der Waals surface area contributed by atoms with Crippen LogP contribution in [-0.2, 0) is 14.8 Å². The Bertz CT molecular complexity index is 902. The van der Waals surface area contributed by atoms with Crippen molar-refractivity contribution < 1.29 is 30.8 Å². The first-order valence-electron chi connectivity index (χ1n) is 7.72. The Kier molecular flexibility index (Phi) is 6.09. The van der Waals surface area contributed by atoms with E-state index < -0.39 is 45.4 Å². The van der Waals surface area contributed by atoms with Gasteiger partial charge in [0.15, 0.2) is 0 Å². The van der Waals surface area contributed by atoms with Crippen LogP contribution in [0, 0.1) is 5.82 Å². The minimum absolute atomic E-state index is 0.0522. The number of halogens is 4. The molecular formula is C17H16F4N2O3S. The molecule has 0 radical (unpaired) electrons. The van der Waals surface area contributed by atoms with Gasteiger partial charge < -0.3 is 5.32 Å². The average molecular weight is 404 g/mol. The van der Waals surface area contributed by atoms with Gasteiger partial charge in [0.2, 0.25) is 5.91 Å². The molecule has 5 nitrogen and oxygen atoms in total. The molecule has 1 N–H and O–H groups in total. The molecule has 0 spiro atoms. The Balaban J connectivity index is 2.45. The highest BCUT2D eigenvalue weighted by atomic mass is 32.2. The van der Waals surface area contributed by atoms with Crippen molar-refractivity contribution in [3.8, 4) is 0 Å². The lowest BCUT2D eigenvalue weighted by Crippen LogP contribution is -2.49. The molecule has 27 heavy (non-hydrogen) atoms. The number of amides is 1. The normalized spacial score (nSPS) is 13.1. The lowest BCUT2D eigenvalue weighted by molar-refractivity contribution is -0.138. The molecule has 0 saturated carbocycles. The predicted molar refractivity (Wildman–Crippen MR) is 91.0 cm³/mol. The lowest BCUT2D eigenvalue weighted by Gasteiger charge is -2.29. The van der Waals surface area contributed by atoms with Gasteiger partial charge in [0.25, 0.3) is 10.0 Å². The van der Waals surface area contributed by atoms with Gasteiger partial charge in [-0.25, -0.2) is 12.8 Å². The Hall–Kier alpha value is -2.62. The maximum Gasteiger partial charge on any atom is 0.405 e. The number of carbonyl (C=O) groups is 1. The van der Waals surface area contributed by atoms with Crippen molar-refractivity contribution in [1.29, 1.82) is 0 Å². The van der Waals surface area contributed by atoms with Crippen molar-refractivity contribution in [2.24, 2.45) is 0 Å². The van der Waals surface area contributed by atoms with Crippen LogP contribution in [0.4, 0.5) is 23.2 Å². The quantitative estimate of drug-likeness (QED) is 0.753. The van der Waals surface area contributed by atoms with Gasteiger partial charge in [0, 0.05) is 0 Å². The van der Waals surface area contributed by atoms with E-state index in [-0.39, 0.29) is 5.69 Å². The highest BCUT2D eigenvalue weighted by Crippen LogP contribution is 2.26. The predicted octanol–water partition coefficient (Wildman–Crippen LogP) is 3.09. The molecule has 1 amide bonds. The second-order valence-electron chi connectivity index (χ2n) is 5.60. The number of hydrogen-bond acceptors (Lipinski definition) is 3. The Morgan fingerprint density at radius 3 is 2.30 bits per heavy atom. The summed E-state index contributed by atoms with van der Waals surface area (Å²) in [6, 6.07) is 9.99. The first-order chi connectivity index (χ1) is 12.5. The van der Waals surface area contributed by atoms with Gasteiger partial charge in [0.1, 0.15) is 18.4 Å². The van der Waals surface area contributed by atoms with E-state index in [1.165, 1.54) is 30.3 Å². The molecule has 10 heteroatoms. The van der Waals surface area contributed by atoms with Gasteiger partial charge in [-0.2, -0.15) is 13.2 Å². The Labute approximate surface area is 153 Å². The number of rotatable bonds is 6. The average Bonchev–Trinajstić information content (AvgIpc) is 2.60. The van der Waals surface area contributed by atoms with Crippen LogP contribution in [0.1, 0.15) is 6.92 Å². The van der Waals surface area contributed by atoms with Gasteiger partial charge >= 0.3 is 6.18 Å². The van der Waals surface area contributed by atoms with E-state index in [9.17, 15) is 30.8 Å². The molecule has 0 heterocycles. The number of nitrogens with zero attached hydrogens (tertiary/aromatic N) is 1. The van der Waals surface area contributed by atoms with Crippen LogP contribution >= 0.6 is 0 Å². The monoisotopic (exact) mass is 404 g/mol. The first kappa shape index (κ1) is 20.7. The summed E-state index contributed by atoms with van der Waals surface area (Å²) >= 11 is 0. The zero-order chi connectivity index (χ0) is 20.2. The van der Waals surface area contributed by atoms with Crippen molar-refractivity contribution in [3.05, 3.63) is 60.4 Å². The zero-order valence-electron chi connectivity index (χ0n) is 14.1. The van der Waals surface area contributed by atoms with E-state index in [1.54, 1.807) is 11.4 Å². The highest BCUT2D eigenvalue weighted by Gasteiger charge is 2.35. The topological polar surface area (TPSA) is 66.5 Å². The minimum Gasteiger partial charge on any atom is -0.345 e. The molecule has 1 atom stereocenters. The van der Waals surface area contributed by atoms with E-state index in [0.29, 0.717) is 4.31 Å². The summed E-state index contributed by atoms with van der Waals surface area (Å²) in [7, 11) is -4.42. The molecule has 0 unspecified atom stereocenters. The lowest BCUT2D eigenvalue weighted by atomic mass is 10.2. The van der Waals surface area contributed by atoms with Crippen LogP contribution < -0.4 is 9.62 Å². The number of carbonyl (C=O) groups excluding carboxylic acids is 1. The third-order valence-electron chi connectivity index (χ3n) is 3.56. The molecule has 0 aromatic heterocycles. The standard InChI is InChI=1S/C17H16F4N2O3S/c1-12(16(24)22-11-17(19,20)21)23(14-7-3-2-4-8-14)27(25,26)15-9-5-6-13(18)10-15/h2-10,12H,11H2,1H3,(H,22,24)/t12-/m0/s1. The molecule has 0 saturated heterocycles. The maximum atomic E-state index is 13.5. The van der Waals surface area contributed by atoms with E-state index in [0.717, 1.165) is 25.1 Å². The summed E-state index contributed by atoms with van der Waals surface area (Å²) in [6.45, 7) is -0.450. The van der Waals surface area contributed by atoms with Crippen molar-refractivity contribution in [3.63, 3.8) is 0 Å². The van der Waals surface area contributed by atoms with Crippen LogP contribution in [-0.4, -0.2) is 33.1 Å². The number of benzene rings is 2. The molecular weight excluding hydrogens is 388 g/mol. The molecule has 0 bridgehead atoms. The molecule has 0 fully saturated rings. The van der Waals surface area contributed by atoms with E-state index >= 15 is 0 Å². The molecule has 2 aromatic rings. The number of sulfonamides is 1. The smallest absolute Gasteiger partial charge is 0.345 e. The van der Waals surface area contributed by atoms with E-state index in [1.807, 2.05) is 0 Å². The third kappa shape index (κ3) is 5.19. The summed E-state index contributed by atoms with van der Waals surface area (Å²) in [5, 5.41) is 1.66. The SMILES string of the molecule is C[C@@H](C(=O)NCC(F)(F)F)N(c1ccccc1)S(=O)(=O)c1cccc(F)c1. The maximum absolute atomic E-state index is 13.5. The molecule has 0 aliphatic carbocycles. The summed E-state index contributed by atoms with van der Waals surface area (Å²) in [4.78, 5) is 11.7. The third-order valence-corrected chi connectivity index (χ3v) is 5.45. The number of alkyl halides is 3. The number of anilines is 1. The van der Waals surface area contributed by atoms with Crippen LogP contribution in [0.5, 0.6) is 0 Å². The number of para-hydroxylation sites is 1. The van der Waals surface area contributed by atoms with Gasteiger partial charge in [-0.1, -0.05) is 24.3 Å². The summed E-state index contributed by atoms with van der Waals surface area (Å²) in [5.41, 5.74) is 0.0522. The molecule has 146 valence electrons. The van der Waals surface area contributed by atoms with Crippen molar-refractivity contribution >= 4 is 21.6 Å². The van der Waals surface area contributed by atoms with Gasteiger partial charge in [0.05, 0.1) is 10.6 Å². The van der Waals surface area contributed by atoms with Gasteiger partial charge in [-0.05, 0) is 37.3 Å². The fraction of sp³-hybridized carbons (Fsp3) is 0.235. The molecule has 0 aliphatic heterocycles. The second-order valence-corrected chi connectivity index (χ2v) is 7.42. The number of hydrogen-bond donors (Lipinski definition) is 1. The fourth-order valence-corrected chi connectivity index (χ4v) is 3.98. The summed E-state index contributed by atoms with van der Waals surface area (Å²) in [6.07, 6.45) is -4.64. The van der Waals surface area contributed by atoms with Crippen molar-refractivity contribution in [2.45, 2.75) is 24.0 Å². The van der Waals surface area contributed by atoms with Gasteiger partial charge in [-0.3, -0.25) is 9.10 Å².